The molecular formula is C17H25N3O4. The third-order valence-electron chi connectivity index (χ3n) is 3.44. The molecule has 7 heteroatoms. The lowest BCUT2D eigenvalue weighted by atomic mass is 10.2. The second kappa shape index (κ2) is 8.61. The van der Waals surface area contributed by atoms with Gasteiger partial charge in [-0.2, -0.15) is 0 Å². The van der Waals surface area contributed by atoms with E-state index in [4.69, 9.17) is 21.3 Å². The molecule has 0 heterocycles. The summed E-state index contributed by atoms with van der Waals surface area (Å²) >= 11 is 0. The predicted molar refractivity (Wildman–Crippen MR) is 96.8 cm³/mol. The number of anilines is 3. The lowest BCUT2D eigenvalue weighted by Crippen LogP contribution is -2.21. The van der Waals surface area contributed by atoms with Crippen LogP contribution in [-0.2, 0) is 0 Å². The van der Waals surface area contributed by atoms with Gasteiger partial charge < -0.3 is 36.4 Å². The number of hydrogen-bond donors (Lipinski definition) is 5. The number of benzene rings is 2. The number of aromatic hydroxyl groups is 3. The summed E-state index contributed by atoms with van der Waals surface area (Å²) < 4.78 is 4.86. The van der Waals surface area contributed by atoms with E-state index in [1.54, 1.807) is 6.07 Å². The van der Waals surface area contributed by atoms with Crippen LogP contribution in [0.3, 0.4) is 0 Å². The Morgan fingerprint density at radius 3 is 2.08 bits per heavy atom. The summed E-state index contributed by atoms with van der Waals surface area (Å²) in [6.07, 6.45) is 0. The Hall–Kier alpha value is -2.96. The van der Waals surface area contributed by atoms with Crippen molar-refractivity contribution in [2.45, 2.75) is 13.8 Å². The first-order chi connectivity index (χ1) is 11.3. The fourth-order valence-electron chi connectivity index (χ4n) is 2.11. The summed E-state index contributed by atoms with van der Waals surface area (Å²) in [6.45, 7) is 5.64. The third-order valence-corrected chi connectivity index (χ3v) is 3.44. The van der Waals surface area contributed by atoms with E-state index in [1.807, 2.05) is 18.7 Å². The van der Waals surface area contributed by atoms with Gasteiger partial charge in [0.05, 0.1) is 24.2 Å². The third kappa shape index (κ3) is 4.77. The number of rotatable bonds is 4. The maximum absolute atomic E-state index is 9.51. The van der Waals surface area contributed by atoms with Crippen molar-refractivity contribution in [1.29, 1.82) is 0 Å². The monoisotopic (exact) mass is 335 g/mol. The van der Waals surface area contributed by atoms with Crippen LogP contribution in [0.1, 0.15) is 13.8 Å². The van der Waals surface area contributed by atoms with Gasteiger partial charge in [0.25, 0.3) is 0 Å². The Balaban J connectivity index is 0.000000243. The van der Waals surface area contributed by atoms with Crippen molar-refractivity contribution in [3.8, 4) is 23.0 Å². The van der Waals surface area contributed by atoms with Gasteiger partial charge in [0.2, 0.25) is 0 Å². The topological polar surface area (TPSA) is 125 Å². The molecule has 2 aromatic rings. The van der Waals surface area contributed by atoms with Gasteiger partial charge in [-0.25, -0.2) is 0 Å². The largest absolute Gasteiger partial charge is 0.508 e. The van der Waals surface area contributed by atoms with Crippen LogP contribution >= 0.6 is 0 Å². The van der Waals surface area contributed by atoms with Crippen LogP contribution in [0, 0.1) is 0 Å². The Kier molecular flexibility index (Phi) is 6.85. The minimum atomic E-state index is -0.0247. The molecule has 7 N–H and O–H groups in total. The highest BCUT2D eigenvalue weighted by atomic mass is 16.5. The summed E-state index contributed by atoms with van der Waals surface area (Å²) in [4.78, 5) is 1.98. The molecule has 0 aliphatic carbocycles. The lowest BCUT2D eigenvalue weighted by molar-refractivity contribution is 0.415. The number of nitrogen functional groups attached to an aromatic ring is 2. The van der Waals surface area contributed by atoms with Crippen molar-refractivity contribution in [2.75, 3.05) is 36.6 Å². The molecule has 0 aliphatic heterocycles. The average molecular weight is 335 g/mol. The second-order valence-corrected chi connectivity index (χ2v) is 5.00. The zero-order valence-electron chi connectivity index (χ0n) is 14.2. The van der Waals surface area contributed by atoms with E-state index in [0.29, 0.717) is 17.1 Å². The summed E-state index contributed by atoms with van der Waals surface area (Å²) in [6, 6.07) is 7.38. The minimum absolute atomic E-state index is 0.0247. The predicted octanol–water partition coefficient (Wildman–Crippen LogP) is 2.51. The highest BCUT2D eigenvalue weighted by Crippen LogP contribution is 2.31. The number of nitrogens with two attached hydrogens (primary N) is 2. The minimum Gasteiger partial charge on any atom is -0.508 e. The molecule has 2 aromatic carbocycles. The van der Waals surface area contributed by atoms with Gasteiger partial charge in [-0.1, -0.05) is 0 Å². The SMILES string of the molecule is CCN(CC)c1cc(O)ccc1O.COc1cc(N)c(O)cc1N. The van der Waals surface area contributed by atoms with Crippen LogP contribution in [-0.4, -0.2) is 35.5 Å². The first kappa shape index (κ1) is 19.1. The average Bonchev–Trinajstić information content (AvgIpc) is 2.56. The van der Waals surface area contributed by atoms with Crippen LogP contribution < -0.4 is 21.1 Å². The van der Waals surface area contributed by atoms with Gasteiger partial charge in [0.1, 0.15) is 23.0 Å². The molecule has 132 valence electrons. The number of nitrogens with zero attached hydrogens (tertiary/aromatic N) is 1. The smallest absolute Gasteiger partial charge is 0.144 e. The van der Waals surface area contributed by atoms with Crippen molar-refractivity contribution in [3.63, 3.8) is 0 Å². The first-order valence-electron chi connectivity index (χ1n) is 7.52. The quantitative estimate of drug-likeness (QED) is 0.330. The van der Waals surface area contributed by atoms with Crippen LogP contribution in [0.5, 0.6) is 23.0 Å². The molecule has 0 radical (unpaired) electrons. The number of phenols is 3. The molecule has 24 heavy (non-hydrogen) atoms. The number of phenolic OH excluding ortho intramolecular Hbond substituents is 3. The van der Waals surface area contributed by atoms with Crippen molar-refractivity contribution in [3.05, 3.63) is 30.3 Å². The number of methoxy groups -OCH3 is 1. The van der Waals surface area contributed by atoms with Crippen molar-refractivity contribution >= 4 is 17.1 Å². The molecule has 0 spiro atoms. The second-order valence-electron chi connectivity index (χ2n) is 5.00. The van der Waals surface area contributed by atoms with E-state index < -0.39 is 0 Å². The summed E-state index contributed by atoms with van der Waals surface area (Å²) in [5.74, 6) is 0.838. The Morgan fingerprint density at radius 1 is 0.917 bits per heavy atom. The number of hydrogen-bond acceptors (Lipinski definition) is 7. The van der Waals surface area contributed by atoms with E-state index >= 15 is 0 Å². The Morgan fingerprint density at radius 2 is 1.54 bits per heavy atom. The van der Waals surface area contributed by atoms with Crippen molar-refractivity contribution < 1.29 is 20.1 Å². The van der Waals surface area contributed by atoms with E-state index in [1.165, 1.54) is 31.4 Å². The first-order valence-corrected chi connectivity index (χ1v) is 7.52. The van der Waals surface area contributed by atoms with Gasteiger partial charge in [-0.3, -0.25) is 0 Å². The van der Waals surface area contributed by atoms with E-state index in [2.05, 4.69) is 0 Å². The molecule has 0 aliphatic rings. The molecular weight excluding hydrogens is 310 g/mol. The van der Waals surface area contributed by atoms with Gasteiger partial charge >= 0.3 is 0 Å². The lowest BCUT2D eigenvalue weighted by Gasteiger charge is -2.21. The molecule has 0 fully saturated rings. The molecule has 2 rings (SSSR count). The Labute approximate surface area is 141 Å². The van der Waals surface area contributed by atoms with Gasteiger partial charge in [0, 0.05) is 31.3 Å². The van der Waals surface area contributed by atoms with E-state index in [9.17, 15) is 10.2 Å². The highest BCUT2D eigenvalue weighted by molar-refractivity contribution is 5.66. The van der Waals surface area contributed by atoms with Gasteiger partial charge in [-0.05, 0) is 26.0 Å². The summed E-state index contributed by atoms with van der Waals surface area (Å²) in [5.41, 5.74) is 12.2. The summed E-state index contributed by atoms with van der Waals surface area (Å²) in [7, 11) is 1.49. The van der Waals surface area contributed by atoms with Crippen LogP contribution in [0.4, 0.5) is 17.1 Å². The molecule has 0 unspecified atom stereocenters. The fraction of sp³-hybridized carbons (Fsp3) is 0.294. The van der Waals surface area contributed by atoms with Crippen molar-refractivity contribution in [2.24, 2.45) is 0 Å². The van der Waals surface area contributed by atoms with E-state index in [0.717, 1.165) is 13.1 Å². The Bertz CT molecular complexity index is 673. The van der Waals surface area contributed by atoms with Gasteiger partial charge in [0.15, 0.2) is 0 Å². The zero-order valence-corrected chi connectivity index (χ0v) is 14.2. The molecule has 0 saturated carbocycles. The molecule has 0 amide bonds. The molecule has 7 nitrogen and oxygen atoms in total. The highest BCUT2D eigenvalue weighted by Gasteiger charge is 2.07. The summed E-state index contributed by atoms with van der Waals surface area (Å²) in [5, 5.41) is 27.8. The molecule has 0 bridgehead atoms. The van der Waals surface area contributed by atoms with E-state index in [-0.39, 0.29) is 22.9 Å². The maximum Gasteiger partial charge on any atom is 0.144 e. The molecule has 0 atom stereocenters. The number of ether oxygens (including phenoxy) is 1. The normalized spacial score (nSPS) is 9.79. The zero-order chi connectivity index (χ0) is 18.3. The molecule has 0 aromatic heterocycles. The molecule has 0 saturated heterocycles. The van der Waals surface area contributed by atoms with Crippen LogP contribution in [0.25, 0.3) is 0 Å². The van der Waals surface area contributed by atoms with Crippen molar-refractivity contribution in [1.82, 2.24) is 0 Å². The van der Waals surface area contributed by atoms with Gasteiger partial charge in [-0.15, -0.1) is 0 Å². The standard InChI is InChI=1S/C10H15NO2.C7H10N2O2/c1-3-11(4-2)9-7-8(12)5-6-10(9)13;1-11-7-3-4(8)6(10)2-5(7)9/h5-7,12-13H,3-4H2,1-2H3;2-3,10H,8-9H2,1H3. The maximum atomic E-state index is 9.51. The van der Waals surface area contributed by atoms with Crippen LogP contribution in [0.15, 0.2) is 30.3 Å². The fourth-order valence-corrected chi connectivity index (χ4v) is 2.11. The van der Waals surface area contributed by atoms with Crippen LogP contribution in [0.2, 0.25) is 0 Å².